The average Bonchev–Trinajstić information content (AvgIpc) is 3.25. The lowest BCUT2D eigenvalue weighted by Gasteiger charge is -2.05. The Morgan fingerprint density at radius 1 is 1.46 bits per heavy atom. The summed E-state index contributed by atoms with van der Waals surface area (Å²) in [7, 11) is 1.87. The molecule has 0 unspecified atom stereocenters. The molecule has 0 aliphatic heterocycles. The molecular weight excluding hydrogens is 336 g/mol. The Kier molecular flexibility index (Phi) is 4.46. The third kappa shape index (κ3) is 2.95. The van der Waals surface area contributed by atoms with E-state index in [-0.39, 0.29) is 23.9 Å². The first-order valence-corrected chi connectivity index (χ1v) is 7.90. The minimum atomic E-state index is -0.575. The average molecular weight is 350 g/mol. The molecule has 24 heavy (non-hydrogen) atoms. The lowest BCUT2D eigenvalue weighted by atomic mass is 10.3. The van der Waals surface area contributed by atoms with Crippen molar-refractivity contribution in [2.45, 2.75) is 17.8 Å². The predicted molar refractivity (Wildman–Crippen MR) is 82.4 cm³/mol. The second-order valence-electron chi connectivity index (χ2n) is 4.60. The topological polar surface area (TPSA) is 140 Å². The first-order valence-electron chi connectivity index (χ1n) is 6.92. The fourth-order valence-corrected chi connectivity index (χ4v) is 2.85. The highest BCUT2D eigenvalue weighted by Crippen LogP contribution is 2.25. The zero-order valence-electron chi connectivity index (χ0n) is 12.9. The van der Waals surface area contributed by atoms with E-state index < -0.39 is 5.97 Å². The van der Waals surface area contributed by atoms with Crippen molar-refractivity contribution in [3.63, 3.8) is 0 Å². The van der Waals surface area contributed by atoms with Crippen molar-refractivity contribution in [1.29, 1.82) is 0 Å². The van der Waals surface area contributed by atoms with Gasteiger partial charge in [-0.1, -0.05) is 17.0 Å². The minimum Gasteiger partial charge on any atom is -0.461 e. The third-order valence-electron chi connectivity index (χ3n) is 3.04. The number of nitrogens with two attached hydrogens (primary N) is 1. The Balaban J connectivity index is 1.96. The second-order valence-corrected chi connectivity index (χ2v) is 5.54. The molecule has 3 aromatic rings. The summed E-state index contributed by atoms with van der Waals surface area (Å²) in [4.78, 5) is 16.3. The van der Waals surface area contributed by atoms with Crippen LogP contribution in [-0.4, -0.2) is 47.4 Å². The van der Waals surface area contributed by atoms with Crippen molar-refractivity contribution in [2.75, 3.05) is 12.3 Å². The van der Waals surface area contributed by atoms with Gasteiger partial charge in [-0.3, -0.25) is 0 Å². The van der Waals surface area contributed by atoms with Gasteiger partial charge < -0.3 is 15.0 Å². The minimum absolute atomic E-state index is 0.0403. The van der Waals surface area contributed by atoms with Gasteiger partial charge in [0.1, 0.15) is 0 Å². The van der Waals surface area contributed by atoms with Crippen LogP contribution in [0.1, 0.15) is 23.1 Å². The maximum absolute atomic E-state index is 12.1. The number of hydrogen-bond acceptors (Lipinski definition) is 10. The molecule has 0 atom stereocenters. The van der Waals surface area contributed by atoms with Gasteiger partial charge in [-0.2, -0.15) is 4.68 Å². The van der Waals surface area contributed by atoms with Gasteiger partial charge in [0.25, 0.3) is 0 Å². The molecule has 3 heterocycles. The summed E-state index contributed by atoms with van der Waals surface area (Å²) in [6.45, 7) is 1.94. The van der Waals surface area contributed by atoms with Crippen LogP contribution in [0.25, 0.3) is 5.82 Å². The first kappa shape index (κ1) is 16.0. The smallest absolute Gasteiger partial charge is 0.360 e. The Morgan fingerprint density at radius 2 is 2.29 bits per heavy atom. The van der Waals surface area contributed by atoms with Crippen LogP contribution in [0.3, 0.4) is 0 Å². The van der Waals surface area contributed by atoms with Gasteiger partial charge in [0, 0.05) is 25.2 Å². The number of imidazole rings is 1. The quantitative estimate of drug-likeness (QED) is 0.491. The van der Waals surface area contributed by atoms with E-state index in [0.717, 1.165) is 5.16 Å². The molecule has 11 nitrogen and oxygen atoms in total. The van der Waals surface area contributed by atoms with Crippen molar-refractivity contribution in [2.24, 2.45) is 7.05 Å². The zero-order valence-corrected chi connectivity index (χ0v) is 13.7. The van der Waals surface area contributed by atoms with E-state index in [2.05, 4.69) is 30.2 Å². The Bertz CT molecular complexity index is 854. The van der Waals surface area contributed by atoms with Crippen LogP contribution in [0, 0.1) is 0 Å². The molecule has 0 aliphatic rings. The number of ether oxygens (including phenoxy) is 1. The number of aromatic nitrogens is 7. The van der Waals surface area contributed by atoms with Crippen LogP contribution >= 0.6 is 11.8 Å². The molecule has 126 valence electrons. The van der Waals surface area contributed by atoms with Crippen LogP contribution in [0.4, 0.5) is 5.82 Å². The van der Waals surface area contributed by atoms with Gasteiger partial charge in [-0.05, 0) is 17.2 Å². The Labute approximate surface area is 140 Å². The largest absolute Gasteiger partial charge is 0.461 e. The van der Waals surface area contributed by atoms with Crippen molar-refractivity contribution in [3.8, 4) is 5.82 Å². The van der Waals surface area contributed by atoms with Gasteiger partial charge >= 0.3 is 5.97 Å². The highest BCUT2D eigenvalue weighted by molar-refractivity contribution is 7.98. The first-order chi connectivity index (χ1) is 11.6. The number of thioether (sulfide) groups is 1. The number of anilines is 1. The molecule has 0 aliphatic carbocycles. The van der Waals surface area contributed by atoms with Crippen molar-refractivity contribution in [1.82, 2.24) is 34.9 Å². The van der Waals surface area contributed by atoms with Crippen LogP contribution in [0.15, 0.2) is 22.2 Å². The fraction of sp³-hybridized carbons (Fsp3) is 0.333. The zero-order chi connectivity index (χ0) is 17.1. The van der Waals surface area contributed by atoms with Crippen molar-refractivity contribution < 1.29 is 14.2 Å². The van der Waals surface area contributed by atoms with E-state index in [9.17, 15) is 4.79 Å². The number of hydrogen-bond donors (Lipinski definition) is 1. The molecule has 0 radical (unpaired) electrons. The maximum Gasteiger partial charge on any atom is 0.360 e. The molecule has 0 saturated heterocycles. The van der Waals surface area contributed by atoms with Crippen LogP contribution in [0.2, 0.25) is 0 Å². The second kappa shape index (κ2) is 6.70. The van der Waals surface area contributed by atoms with Crippen LogP contribution in [0.5, 0.6) is 0 Å². The molecule has 0 saturated carbocycles. The van der Waals surface area contributed by atoms with Gasteiger partial charge in [-0.15, -0.1) is 5.10 Å². The van der Waals surface area contributed by atoms with E-state index in [0.29, 0.717) is 11.4 Å². The number of esters is 1. The van der Waals surface area contributed by atoms with Gasteiger partial charge in [0.2, 0.25) is 11.6 Å². The fourth-order valence-electron chi connectivity index (χ4n) is 1.92. The lowest BCUT2D eigenvalue weighted by molar-refractivity contribution is 0.0518. The summed E-state index contributed by atoms with van der Waals surface area (Å²) in [5.41, 5.74) is 6.25. The molecule has 12 heteroatoms. The molecule has 3 rings (SSSR count). The predicted octanol–water partition coefficient (Wildman–Crippen LogP) is 0.435. The number of nitrogens with zero attached hydrogens (tertiary/aromatic N) is 7. The molecule has 0 aromatic carbocycles. The van der Waals surface area contributed by atoms with Crippen LogP contribution < -0.4 is 5.73 Å². The molecule has 3 aromatic heterocycles. The molecule has 0 bridgehead atoms. The standard InChI is InChI=1S/C12H14N8O3S/c1-3-22-11(21)8-7(6-24-12-14-4-5-19(12)2)20(18-15-8)10-9(13)16-23-17-10/h4-5H,3,6H2,1-2H3,(H2,13,16). The van der Waals surface area contributed by atoms with E-state index in [1.54, 1.807) is 13.1 Å². The summed E-state index contributed by atoms with van der Waals surface area (Å²) >= 11 is 1.40. The van der Waals surface area contributed by atoms with Gasteiger partial charge in [0.05, 0.1) is 12.3 Å². The summed E-state index contributed by atoms with van der Waals surface area (Å²) < 4.78 is 12.8. The summed E-state index contributed by atoms with van der Waals surface area (Å²) in [6.07, 6.45) is 3.51. The van der Waals surface area contributed by atoms with Crippen molar-refractivity contribution >= 4 is 23.5 Å². The molecule has 2 N–H and O–H groups in total. The highest BCUT2D eigenvalue weighted by atomic mass is 32.2. The Morgan fingerprint density at radius 3 is 2.92 bits per heavy atom. The monoisotopic (exact) mass is 350 g/mol. The highest BCUT2D eigenvalue weighted by Gasteiger charge is 2.25. The van der Waals surface area contributed by atoms with E-state index >= 15 is 0 Å². The van der Waals surface area contributed by atoms with E-state index in [4.69, 9.17) is 10.5 Å². The molecule has 0 fully saturated rings. The number of aryl methyl sites for hydroxylation is 1. The SMILES string of the molecule is CCOC(=O)c1nnn(-c2nonc2N)c1CSc1nccn1C. The van der Waals surface area contributed by atoms with Gasteiger partial charge in [0.15, 0.2) is 10.9 Å². The van der Waals surface area contributed by atoms with E-state index in [1.165, 1.54) is 16.4 Å². The van der Waals surface area contributed by atoms with E-state index in [1.807, 2.05) is 17.8 Å². The summed E-state index contributed by atoms with van der Waals surface area (Å²) in [5, 5.41) is 15.8. The van der Waals surface area contributed by atoms with Gasteiger partial charge in [-0.25, -0.2) is 14.4 Å². The number of carbonyl (C=O) groups excluding carboxylic acids is 1. The summed E-state index contributed by atoms with van der Waals surface area (Å²) in [6, 6.07) is 0. The Hall–Kier alpha value is -2.89. The maximum atomic E-state index is 12.1. The number of rotatable bonds is 6. The lowest BCUT2D eigenvalue weighted by Crippen LogP contribution is -2.11. The summed E-state index contributed by atoms with van der Waals surface area (Å²) in [5.74, 6) is -0.0283. The van der Waals surface area contributed by atoms with Crippen molar-refractivity contribution in [3.05, 3.63) is 23.8 Å². The molecule has 0 amide bonds. The third-order valence-corrected chi connectivity index (χ3v) is 4.11. The number of nitrogen functional groups attached to an aromatic ring is 1. The number of carbonyl (C=O) groups is 1. The molecule has 0 spiro atoms. The van der Waals surface area contributed by atoms with Crippen LogP contribution in [-0.2, 0) is 17.5 Å². The molecular formula is C12H14N8O3S. The normalized spacial score (nSPS) is 10.9.